The molecule has 1 heterocycles. The van der Waals surface area contributed by atoms with Crippen molar-refractivity contribution in [1.29, 1.82) is 0 Å². The lowest BCUT2D eigenvalue weighted by Gasteiger charge is -2.25. The standard InChI is InChI=1S/C16H22N2O3/c1-6-9-17(10-7-2)14(19)13-8-11-18(12-13)15(20)21-16(3,4)5/h1-2,13H,8-12H2,3-5H3/t13-/m0/s1. The van der Waals surface area contributed by atoms with E-state index in [1.54, 1.807) is 4.90 Å². The van der Waals surface area contributed by atoms with Crippen molar-refractivity contribution in [3.05, 3.63) is 0 Å². The zero-order valence-electron chi connectivity index (χ0n) is 12.9. The average Bonchev–Trinajstić information content (AvgIpc) is 2.85. The molecular weight excluding hydrogens is 268 g/mol. The Hall–Kier alpha value is -2.14. The first kappa shape index (κ1) is 16.9. The molecule has 2 amide bonds. The van der Waals surface area contributed by atoms with Gasteiger partial charge in [0.15, 0.2) is 0 Å². The van der Waals surface area contributed by atoms with Crippen molar-refractivity contribution in [2.45, 2.75) is 32.8 Å². The number of carbonyl (C=O) groups is 2. The van der Waals surface area contributed by atoms with Crippen LogP contribution in [0.2, 0.25) is 0 Å². The molecule has 1 aliphatic heterocycles. The fourth-order valence-corrected chi connectivity index (χ4v) is 2.14. The van der Waals surface area contributed by atoms with Crippen molar-refractivity contribution in [3.63, 3.8) is 0 Å². The molecule has 0 unspecified atom stereocenters. The molecule has 0 radical (unpaired) electrons. The van der Waals surface area contributed by atoms with Crippen molar-refractivity contribution in [2.24, 2.45) is 5.92 Å². The van der Waals surface area contributed by atoms with Crippen LogP contribution in [-0.2, 0) is 9.53 Å². The first-order valence-electron chi connectivity index (χ1n) is 6.92. The van der Waals surface area contributed by atoms with E-state index >= 15 is 0 Å². The van der Waals surface area contributed by atoms with Gasteiger partial charge < -0.3 is 14.5 Å². The molecule has 114 valence electrons. The second-order valence-electron chi connectivity index (χ2n) is 6.01. The number of terminal acetylenes is 2. The molecule has 1 aliphatic rings. The summed E-state index contributed by atoms with van der Waals surface area (Å²) >= 11 is 0. The number of hydrogen-bond acceptors (Lipinski definition) is 3. The summed E-state index contributed by atoms with van der Waals surface area (Å²) in [6.07, 6.45) is 10.7. The topological polar surface area (TPSA) is 49.9 Å². The molecule has 0 aromatic heterocycles. The molecular formula is C16H22N2O3. The minimum Gasteiger partial charge on any atom is -0.444 e. The minimum atomic E-state index is -0.543. The molecule has 0 aromatic rings. The number of hydrogen-bond donors (Lipinski definition) is 0. The van der Waals surface area contributed by atoms with Gasteiger partial charge in [-0.05, 0) is 27.2 Å². The summed E-state index contributed by atoms with van der Waals surface area (Å²) < 4.78 is 5.30. The molecule has 21 heavy (non-hydrogen) atoms. The molecule has 0 bridgehead atoms. The third-order valence-corrected chi connectivity index (χ3v) is 3.07. The predicted octanol–water partition coefficient (Wildman–Crippen LogP) is 1.34. The van der Waals surface area contributed by atoms with Gasteiger partial charge in [-0.25, -0.2) is 4.79 Å². The summed E-state index contributed by atoms with van der Waals surface area (Å²) in [6.45, 7) is 6.66. The number of nitrogens with zero attached hydrogens (tertiary/aromatic N) is 2. The highest BCUT2D eigenvalue weighted by Crippen LogP contribution is 2.21. The Morgan fingerprint density at radius 2 is 1.86 bits per heavy atom. The quantitative estimate of drug-likeness (QED) is 0.737. The van der Waals surface area contributed by atoms with E-state index in [0.29, 0.717) is 19.5 Å². The molecule has 0 spiro atoms. The number of amides is 2. The largest absolute Gasteiger partial charge is 0.444 e. The summed E-state index contributed by atoms with van der Waals surface area (Å²) in [7, 11) is 0. The van der Waals surface area contributed by atoms with E-state index in [4.69, 9.17) is 17.6 Å². The normalized spacial score (nSPS) is 17.8. The maximum atomic E-state index is 12.3. The summed E-state index contributed by atoms with van der Waals surface area (Å²) in [5, 5.41) is 0. The second-order valence-corrected chi connectivity index (χ2v) is 6.01. The Balaban J connectivity index is 2.61. The fraction of sp³-hybridized carbons (Fsp3) is 0.625. The Morgan fingerprint density at radius 1 is 1.29 bits per heavy atom. The summed E-state index contributed by atoms with van der Waals surface area (Å²) in [5.74, 6) is 4.49. The lowest BCUT2D eigenvalue weighted by molar-refractivity contribution is -0.133. The van der Waals surface area contributed by atoms with Gasteiger partial charge in [-0.3, -0.25) is 4.79 Å². The molecule has 0 N–H and O–H groups in total. The van der Waals surface area contributed by atoms with Crippen LogP contribution < -0.4 is 0 Å². The molecule has 5 heteroatoms. The Morgan fingerprint density at radius 3 is 2.33 bits per heavy atom. The van der Waals surface area contributed by atoms with E-state index in [1.807, 2.05) is 20.8 Å². The van der Waals surface area contributed by atoms with Gasteiger partial charge >= 0.3 is 6.09 Å². The van der Waals surface area contributed by atoms with E-state index in [2.05, 4.69) is 11.8 Å². The van der Waals surface area contributed by atoms with Crippen LogP contribution in [0.25, 0.3) is 0 Å². The van der Waals surface area contributed by atoms with Gasteiger partial charge in [0.25, 0.3) is 0 Å². The molecule has 0 aliphatic carbocycles. The monoisotopic (exact) mass is 290 g/mol. The number of ether oxygens (including phenoxy) is 1. The van der Waals surface area contributed by atoms with Crippen molar-refractivity contribution in [3.8, 4) is 24.7 Å². The minimum absolute atomic E-state index is 0.100. The molecule has 5 nitrogen and oxygen atoms in total. The van der Waals surface area contributed by atoms with E-state index in [-0.39, 0.29) is 24.9 Å². The molecule has 0 saturated carbocycles. The van der Waals surface area contributed by atoms with Crippen LogP contribution >= 0.6 is 0 Å². The summed E-state index contributed by atoms with van der Waals surface area (Å²) in [4.78, 5) is 27.3. The van der Waals surface area contributed by atoms with Gasteiger partial charge in [0.2, 0.25) is 5.91 Å². The van der Waals surface area contributed by atoms with Gasteiger partial charge in [-0.15, -0.1) is 12.8 Å². The van der Waals surface area contributed by atoms with Crippen LogP contribution in [0.1, 0.15) is 27.2 Å². The van der Waals surface area contributed by atoms with Crippen LogP contribution in [0.3, 0.4) is 0 Å². The van der Waals surface area contributed by atoms with Gasteiger partial charge in [0, 0.05) is 13.1 Å². The van der Waals surface area contributed by atoms with E-state index in [1.165, 1.54) is 4.90 Å². The van der Waals surface area contributed by atoms with Gasteiger partial charge in [0.1, 0.15) is 5.60 Å². The van der Waals surface area contributed by atoms with Crippen molar-refractivity contribution < 1.29 is 14.3 Å². The average molecular weight is 290 g/mol. The maximum absolute atomic E-state index is 12.3. The van der Waals surface area contributed by atoms with Gasteiger partial charge in [-0.1, -0.05) is 11.8 Å². The van der Waals surface area contributed by atoms with Crippen LogP contribution in [0.15, 0.2) is 0 Å². The first-order valence-corrected chi connectivity index (χ1v) is 6.92. The van der Waals surface area contributed by atoms with Crippen LogP contribution in [0.4, 0.5) is 4.79 Å². The Kier molecular flexibility index (Phi) is 5.67. The zero-order chi connectivity index (χ0) is 16.0. The lowest BCUT2D eigenvalue weighted by Crippen LogP contribution is -2.39. The molecule has 1 saturated heterocycles. The lowest BCUT2D eigenvalue weighted by atomic mass is 10.1. The highest BCUT2D eigenvalue weighted by atomic mass is 16.6. The van der Waals surface area contributed by atoms with Crippen LogP contribution in [0, 0.1) is 30.6 Å². The van der Waals surface area contributed by atoms with Crippen molar-refractivity contribution in [1.82, 2.24) is 9.80 Å². The maximum Gasteiger partial charge on any atom is 0.410 e. The van der Waals surface area contributed by atoms with Gasteiger partial charge in [-0.2, -0.15) is 0 Å². The van der Waals surface area contributed by atoms with E-state index in [0.717, 1.165) is 0 Å². The van der Waals surface area contributed by atoms with Gasteiger partial charge in [0.05, 0.1) is 19.0 Å². The smallest absolute Gasteiger partial charge is 0.410 e. The highest BCUT2D eigenvalue weighted by Gasteiger charge is 2.35. The second kappa shape index (κ2) is 7.04. The highest BCUT2D eigenvalue weighted by molar-refractivity contribution is 5.81. The Bertz CT molecular complexity index is 463. The molecule has 1 atom stereocenters. The van der Waals surface area contributed by atoms with E-state index in [9.17, 15) is 9.59 Å². The van der Waals surface area contributed by atoms with Crippen molar-refractivity contribution in [2.75, 3.05) is 26.2 Å². The fourth-order valence-electron chi connectivity index (χ4n) is 2.14. The SMILES string of the molecule is C#CCN(CC#C)C(=O)[C@H]1CCN(C(=O)OC(C)(C)C)C1. The first-order chi connectivity index (χ1) is 9.78. The molecule has 1 rings (SSSR count). The number of rotatable bonds is 3. The van der Waals surface area contributed by atoms with Crippen LogP contribution in [-0.4, -0.2) is 53.6 Å². The van der Waals surface area contributed by atoms with Crippen molar-refractivity contribution >= 4 is 12.0 Å². The number of likely N-dealkylation sites (tertiary alicyclic amines) is 1. The molecule has 1 fully saturated rings. The third kappa shape index (κ3) is 5.04. The summed E-state index contributed by atoms with van der Waals surface area (Å²) in [6, 6.07) is 0. The third-order valence-electron chi connectivity index (χ3n) is 3.07. The van der Waals surface area contributed by atoms with E-state index < -0.39 is 11.7 Å². The van der Waals surface area contributed by atoms with Crippen LogP contribution in [0.5, 0.6) is 0 Å². The summed E-state index contributed by atoms with van der Waals surface area (Å²) in [5.41, 5.74) is -0.543. The predicted molar refractivity (Wildman–Crippen MR) is 80.2 cm³/mol. The molecule has 0 aromatic carbocycles. The Labute approximate surface area is 126 Å². The number of carbonyl (C=O) groups excluding carboxylic acids is 2. The zero-order valence-corrected chi connectivity index (χ0v) is 12.9.